The molecule has 0 saturated heterocycles. The minimum absolute atomic E-state index is 0.0405. The van der Waals surface area contributed by atoms with Gasteiger partial charge in [0.2, 0.25) is 5.91 Å². The Morgan fingerprint density at radius 2 is 1.60 bits per heavy atom. The summed E-state index contributed by atoms with van der Waals surface area (Å²) in [7, 11) is 0. The molecule has 0 bridgehead atoms. The predicted molar refractivity (Wildman–Crippen MR) is 160 cm³/mol. The summed E-state index contributed by atoms with van der Waals surface area (Å²) < 4.78 is 13.6. The number of anilines is 1. The number of hydrogen-bond acceptors (Lipinski definition) is 4. The van der Waals surface area contributed by atoms with Gasteiger partial charge in [0.15, 0.2) is 5.82 Å². The predicted octanol–water partition coefficient (Wildman–Crippen LogP) is 7.41. The monoisotopic (exact) mass is 552 g/mol. The number of nitrogens with one attached hydrogen (secondary N) is 1. The van der Waals surface area contributed by atoms with E-state index in [-0.39, 0.29) is 24.2 Å². The number of carbonyl (C=O) groups is 1. The largest absolute Gasteiger partial charge is 0.355 e. The van der Waals surface area contributed by atoms with Gasteiger partial charge >= 0.3 is 0 Å². The normalized spacial score (nSPS) is 11.8. The number of hydrogen-bond donors (Lipinski definition) is 1. The molecule has 5 rings (SSSR count). The van der Waals surface area contributed by atoms with Crippen LogP contribution in [0.25, 0.3) is 22.3 Å². The van der Waals surface area contributed by atoms with Crippen LogP contribution in [0.3, 0.4) is 0 Å². The summed E-state index contributed by atoms with van der Waals surface area (Å²) in [6.07, 6.45) is 1.06. The van der Waals surface area contributed by atoms with Crippen LogP contribution in [-0.4, -0.2) is 29.0 Å². The molecule has 7 heteroatoms. The highest BCUT2D eigenvalue weighted by Crippen LogP contribution is 2.30. The number of carbonyl (C=O) groups excluding carboxylic acids is 1. The van der Waals surface area contributed by atoms with Crippen molar-refractivity contribution in [1.82, 2.24) is 15.3 Å². The third-order valence-corrected chi connectivity index (χ3v) is 7.07. The molecule has 0 aliphatic rings. The van der Waals surface area contributed by atoms with Gasteiger partial charge in [-0.15, -0.1) is 0 Å². The third kappa shape index (κ3) is 6.82. The number of aromatic nitrogens is 2. The van der Waals surface area contributed by atoms with Crippen molar-refractivity contribution in [3.63, 3.8) is 0 Å². The molecule has 1 N–H and O–H groups in total. The van der Waals surface area contributed by atoms with Gasteiger partial charge in [-0.05, 0) is 66.9 Å². The second-order valence-electron chi connectivity index (χ2n) is 9.71. The van der Waals surface area contributed by atoms with Crippen molar-refractivity contribution in [3.8, 4) is 11.4 Å². The number of halogens is 2. The fraction of sp³-hybridized carbons (Fsp3) is 0.182. The SMILES string of the molecule is C[C@H](NC(=O)CCN(CCc1ccccc1)c1nc(-c2ccc(F)cc2)nc2cc(Cl)ccc12)c1ccccc1. The van der Waals surface area contributed by atoms with E-state index in [9.17, 15) is 9.18 Å². The van der Waals surface area contributed by atoms with Crippen molar-refractivity contribution in [1.29, 1.82) is 0 Å². The first-order chi connectivity index (χ1) is 19.5. The highest BCUT2D eigenvalue weighted by Gasteiger charge is 2.18. The van der Waals surface area contributed by atoms with E-state index in [2.05, 4.69) is 22.3 Å². The maximum absolute atomic E-state index is 13.6. The Morgan fingerprint density at radius 3 is 2.33 bits per heavy atom. The molecule has 0 saturated carbocycles. The Kier molecular flexibility index (Phi) is 8.67. The van der Waals surface area contributed by atoms with Gasteiger partial charge in [0.1, 0.15) is 11.6 Å². The molecule has 0 spiro atoms. The molecule has 0 unspecified atom stereocenters. The minimum Gasteiger partial charge on any atom is -0.355 e. The van der Waals surface area contributed by atoms with E-state index in [1.54, 1.807) is 18.2 Å². The zero-order valence-electron chi connectivity index (χ0n) is 22.2. The smallest absolute Gasteiger partial charge is 0.222 e. The second-order valence-corrected chi connectivity index (χ2v) is 10.1. The van der Waals surface area contributed by atoms with E-state index >= 15 is 0 Å². The summed E-state index contributed by atoms with van der Waals surface area (Å²) in [6.45, 7) is 3.08. The molecule has 40 heavy (non-hydrogen) atoms. The lowest BCUT2D eigenvalue weighted by Crippen LogP contribution is -2.34. The molecule has 1 heterocycles. The van der Waals surface area contributed by atoms with Gasteiger partial charge in [-0.1, -0.05) is 72.3 Å². The molecular weight excluding hydrogens is 523 g/mol. The van der Waals surface area contributed by atoms with Crippen LogP contribution in [0.15, 0.2) is 103 Å². The summed E-state index contributed by atoms with van der Waals surface area (Å²) in [6, 6.07) is 31.7. The van der Waals surface area contributed by atoms with Gasteiger partial charge in [-0.3, -0.25) is 4.79 Å². The number of rotatable bonds is 10. The van der Waals surface area contributed by atoms with E-state index in [4.69, 9.17) is 21.6 Å². The maximum atomic E-state index is 13.6. The van der Waals surface area contributed by atoms with Crippen molar-refractivity contribution in [2.75, 3.05) is 18.0 Å². The van der Waals surface area contributed by atoms with Crippen molar-refractivity contribution >= 4 is 34.2 Å². The molecule has 4 aromatic carbocycles. The van der Waals surface area contributed by atoms with Gasteiger partial charge in [0.05, 0.1) is 11.6 Å². The Morgan fingerprint density at radius 1 is 0.900 bits per heavy atom. The van der Waals surface area contributed by atoms with Gasteiger partial charge in [-0.2, -0.15) is 0 Å². The lowest BCUT2D eigenvalue weighted by Gasteiger charge is -2.26. The standard InChI is InChI=1S/C33H30ClFN4O/c1-23(25-10-6-3-7-11-25)36-31(40)19-21-39(20-18-24-8-4-2-5-9-24)33-29-17-14-27(34)22-30(29)37-32(38-33)26-12-15-28(35)16-13-26/h2-17,22-23H,18-21H2,1H3,(H,36,40)/t23-/m0/s1. The highest BCUT2D eigenvalue weighted by atomic mass is 35.5. The van der Waals surface area contributed by atoms with Crippen LogP contribution in [0.1, 0.15) is 30.5 Å². The quantitative estimate of drug-likeness (QED) is 0.196. The molecule has 0 fully saturated rings. The average molecular weight is 553 g/mol. The van der Waals surface area contributed by atoms with Crippen molar-refractivity contribution < 1.29 is 9.18 Å². The van der Waals surface area contributed by atoms with Crippen LogP contribution in [0, 0.1) is 5.82 Å². The van der Waals surface area contributed by atoms with E-state index in [0.29, 0.717) is 40.8 Å². The van der Waals surface area contributed by atoms with E-state index < -0.39 is 0 Å². The Hall–Kier alpha value is -4.29. The first-order valence-corrected chi connectivity index (χ1v) is 13.7. The Bertz CT molecular complexity index is 1580. The molecule has 0 aliphatic heterocycles. The third-order valence-electron chi connectivity index (χ3n) is 6.84. The molecule has 0 radical (unpaired) electrons. The van der Waals surface area contributed by atoms with Crippen molar-refractivity contribution in [3.05, 3.63) is 125 Å². The van der Waals surface area contributed by atoms with Gasteiger partial charge < -0.3 is 10.2 Å². The number of fused-ring (bicyclic) bond motifs is 1. The Labute approximate surface area is 238 Å². The Balaban J connectivity index is 1.46. The summed E-state index contributed by atoms with van der Waals surface area (Å²) in [5, 5.41) is 4.51. The first kappa shape index (κ1) is 27.3. The second kappa shape index (κ2) is 12.7. The van der Waals surface area contributed by atoms with E-state index in [0.717, 1.165) is 17.4 Å². The van der Waals surface area contributed by atoms with Crippen LogP contribution in [0.5, 0.6) is 0 Å². The molecule has 1 aromatic heterocycles. The van der Waals surface area contributed by atoms with E-state index in [1.165, 1.54) is 17.7 Å². The van der Waals surface area contributed by atoms with Crippen LogP contribution >= 0.6 is 11.6 Å². The summed E-state index contributed by atoms with van der Waals surface area (Å²) in [5.41, 5.74) is 3.62. The number of amides is 1. The molecular formula is C33H30ClFN4O. The lowest BCUT2D eigenvalue weighted by molar-refractivity contribution is -0.121. The zero-order chi connectivity index (χ0) is 27.9. The van der Waals surface area contributed by atoms with Crippen molar-refractivity contribution in [2.45, 2.75) is 25.8 Å². The van der Waals surface area contributed by atoms with Crippen LogP contribution in [0.2, 0.25) is 5.02 Å². The van der Waals surface area contributed by atoms with E-state index in [1.807, 2.05) is 67.6 Å². The summed E-state index contributed by atoms with van der Waals surface area (Å²) >= 11 is 6.34. The fourth-order valence-electron chi connectivity index (χ4n) is 4.66. The summed E-state index contributed by atoms with van der Waals surface area (Å²) in [4.78, 5) is 24.9. The van der Waals surface area contributed by atoms with Gasteiger partial charge in [0.25, 0.3) is 0 Å². The zero-order valence-corrected chi connectivity index (χ0v) is 23.0. The number of benzene rings is 4. The summed E-state index contributed by atoms with van der Waals surface area (Å²) in [5.74, 6) is 0.812. The van der Waals surface area contributed by atoms with Crippen LogP contribution in [0.4, 0.5) is 10.2 Å². The topological polar surface area (TPSA) is 58.1 Å². The first-order valence-electron chi connectivity index (χ1n) is 13.3. The maximum Gasteiger partial charge on any atom is 0.222 e. The molecule has 1 atom stereocenters. The molecule has 5 aromatic rings. The van der Waals surface area contributed by atoms with Gasteiger partial charge in [0, 0.05) is 35.5 Å². The molecule has 202 valence electrons. The minimum atomic E-state index is -0.326. The highest BCUT2D eigenvalue weighted by molar-refractivity contribution is 6.31. The molecule has 0 aliphatic carbocycles. The lowest BCUT2D eigenvalue weighted by atomic mass is 10.1. The van der Waals surface area contributed by atoms with Gasteiger partial charge in [-0.25, -0.2) is 14.4 Å². The van der Waals surface area contributed by atoms with Crippen LogP contribution < -0.4 is 10.2 Å². The average Bonchev–Trinajstić information content (AvgIpc) is 2.98. The van der Waals surface area contributed by atoms with Crippen LogP contribution in [-0.2, 0) is 11.2 Å². The number of nitrogens with zero attached hydrogens (tertiary/aromatic N) is 3. The molecule has 1 amide bonds. The van der Waals surface area contributed by atoms with Crippen molar-refractivity contribution in [2.24, 2.45) is 0 Å². The molecule has 5 nitrogen and oxygen atoms in total. The fourth-order valence-corrected chi connectivity index (χ4v) is 4.83.